The van der Waals surface area contributed by atoms with Crippen molar-refractivity contribution in [2.24, 2.45) is 0 Å². The van der Waals surface area contributed by atoms with Crippen molar-refractivity contribution in [3.05, 3.63) is 62.1 Å². The second kappa shape index (κ2) is 11.6. The SMILES string of the molecule is CC(=O)Nc1cc(Cl)c(F)cc1/C=C/C(=O)O.CC(=O)Nc1cc(Cl)c(F)cc1Br. The molecule has 0 heterocycles. The lowest BCUT2D eigenvalue weighted by Crippen LogP contribution is -2.07. The summed E-state index contributed by atoms with van der Waals surface area (Å²) >= 11 is 14.2. The number of benzene rings is 2. The maximum absolute atomic E-state index is 13.2. The zero-order valence-electron chi connectivity index (χ0n) is 15.5. The molecule has 2 aromatic rings. The fourth-order valence-corrected chi connectivity index (χ4v) is 2.71. The molecule has 30 heavy (non-hydrogen) atoms. The Kier molecular flexibility index (Phi) is 9.91. The van der Waals surface area contributed by atoms with Crippen LogP contribution in [0, 0.1) is 11.6 Å². The Balaban J connectivity index is 0.000000311. The van der Waals surface area contributed by atoms with Gasteiger partial charge < -0.3 is 15.7 Å². The number of carboxylic acids is 1. The quantitative estimate of drug-likeness (QED) is 0.352. The third-order valence-corrected chi connectivity index (χ3v) is 4.36. The van der Waals surface area contributed by atoms with Crippen molar-refractivity contribution < 1.29 is 28.3 Å². The van der Waals surface area contributed by atoms with Crippen LogP contribution in [0.5, 0.6) is 0 Å². The number of carboxylic acid groups (broad SMARTS) is 1. The van der Waals surface area contributed by atoms with Gasteiger partial charge in [-0.15, -0.1) is 0 Å². The van der Waals surface area contributed by atoms with Gasteiger partial charge in [0.15, 0.2) is 0 Å². The van der Waals surface area contributed by atoms with Crippen LogP contribution in [0.3, 0.4) is 0 Å². The van der Waals surface area contributed by atoms with Crippen molar-refractivity contribution in [3.63, 3.8) is 0 Å². The average Bonchev–Trinajstić information content (AvgIpc) is 2.61. The molecule has 0 saturated heterocycles. The van der Waals surface area contributed by atoms with Gasteiger partial charge in [0.25, 0.3) is 0 Å². The molecule has 0 aromatic heterocycles. The van der Waals surface area contributed by atoms with Gasteiger partial charge in [-0.25, -0.2) is 13.6 Å². The lowest BCUT2D eigenvalue weighted by atomic mass is 10.1. The number of carbonyl (C=O) groups excluding carboxylic acids is 2. The Morgan fingerprint density at radius 3 is 1.90 bits per heavy atom. The monoisotopic (exact) mass is 522 g/mol. The van der Waals surface area contributed by atoms with Gasteiger partial charge in [-0.1, -0.05) is 23.2 Å². The average molecular weight is 524 g/mol. The molecule has 2 amide bonds. The number of rotatable bonds is 4. The summed E-state index contributed by atoms with van der Waals surface area (Å²) in [4.78, 5) is 32.0. The Hall–Kier alpha value is -2.49. The summed E-state index contributed by atoms with van der Waals surface area (Å²) in [7, 11) is 0. The van der Waals surface area contributed by atoms with E-state index in [0.29, 0.717) is 10.2 Å². The second-order valence-corrected chi connectivity index (χ2v) is 7.30. The van der Waals surface area contributed by atoms with E-state index in [-0.39, 0.29) is 33.1 Å². The molecule has 11 heteroatoms. The maximum atomic E-state index is 13.2. The molecule has 0 aliphatic heterocycles. The Morgan fingerprint density at radius 2 is 1.40 bits per heavy atom. The third-order valence-electron chi connectivity index (χ3n) is 3.13. The van der Waals surface area contributed by atoms with E-state index in [4.69, 9.17) is 28.3 Å². The van der Waals surface area contributed by atoms with E-state index >= 15 is 0 Å². The van der Waals surface area contributed by atoms with Gasteiger partial charge in [0, 0.05) is 35.6 Å². The number of amides is 2. The minimum absolute atomic E-state index is 0.0213. The minimum atomic E-state index is -1.17. The zero-order valence-corrected chi connectivity index (χ0v) is 18.6. The van der Waals surface area contributed by atoms with Crippen molar-refractivity contribution >= 4 is 74.4 Å². The smallest absolute Gasteiger partial charge is 0.328 e. The number of hydrogen-bond donors (Lipinski definition) is 3. The van der Waals surface area contributed by atoms with E-state index in [1.165, 1.54) is 38.1 Å². The summed E-state index contributed by atoms with van der Waals surface area (Å²) in [6.45, 7) is 2.64. The Bertz CT molecular complexity index is 1020. The van der Waals surface area contributed by atoms with Crippen LogP contribution >= 0.6 is 39.1 Å². The molecule has 0 fully saturated rings. The van der Waals surface area contributed by atoms with Crippen molar-refractivity contribution in [3.8, 4) is 0 Å². The summed E-state index contributed by atoms with van der Waals surface area (Å²) in [5, 5.41) is 13.2. The van der Waals surface area contributed by atoms with Gasteiger partial charge in [0.1, 0.15) is 11.6 Å². The van der Waals surface area contributed by atoms with Gasteiger partial charge in [-0.05, 0) is 46.3 Å². The molecule has 0 saturated carbocycles. The summed E-state index contributed by atoms with van der Waals surface area (Å²) in [5.41, 5.74) is 0.935. The number of hydrogen-bond acceptors (Lipinski definition) is 3. The summed E-state index contributed by atoms with van der Waals surface area (Å²) < 4.78 is 26.5. The largest absolute Gasteiger partial charge is 0.478 e. The van der Waals surface area contributed by atoms with Crippen LogP contribution in [0.2, 0.25) is 10.0 Å². The third kappa shape index (κ3) is 8.48. The van der Waals surface area contributed by atoms with Gasteiger partial charge in [-0.2, -0.15) is 0 Å². The van der Waals surface area contributed by atoms with Crippen molar-refractivity contribution in [2.45, 2.75) is 13.8 Å². The number of halogens is 5. The lowest BCUT2D eigenvalue weighted by Gasteiger charge is -2.07. The van der Waals surface area contributed by atoms with E-state index in [9.17, 15) is 23.2 Å². The van der Waals surface area contributed by atoms with E-state index in [2.05, 4.69) is 26.6 Å². The van der Waals surface area contributed by atoms with Crippen LogP contribution in [0.1, 0.15) is 19.4 Å². The first-order chi connectivity index (χ1) is 13.9. The first-order valence-corrected chi connectivity index (χ1v) is 9.55. The molecule has 0 bridgehead atoms. The second-order valence-electron chi connectivity index (χ2n) is 5.63. The molecule has 3 N–H and O–H groups in total. The van der Waals surface area contributed by atoms with Crippen molar-refractivity contribution in [1.82, 2.24) is 0 Å². The Labute approximate surface area is 189 Å². The highest BCUT2D eigenvalue weighted by molar-refractivity contribution is 9.10. The maximum Gasteiger partial charge on any atom is 0.328 e. The molecule has 0 unspecified atom stereocenters. The van der Waals surface area contributed by atoms with Crippen molar-refractivity contribution in [1.29, 1.82) is 0 Å². The predicted octanol–water partition coefficient (Wildman–Crippen LogP) is 5.74. The molecular formula is C19H15BrCl2F2N2O4. The van der Waals surface area contributed by atoms with Crippen LogP contribution in [0.25, 0.3) is 6.08 Å². The number of carbonyl (C=O) groups is 3. The standard InChI is InChI=1S/C11H9ClFNO3.C8H6BrClFNO/c1-6(15)14-10-5-8(12)9(13)4-7(10)2-3-11(16)17;1-4(13)12-8-3-6(10)7(11)2-5(8)9/h2-5H,1H3,(H,14,15)(H,16,17);2-3H,1H3,(H,12,13)/b3-2+;. The molecule has 0 aliphatic rings. The molecular weight excluding hydrogens is 509 g/mol. The van der Waals surface area contributed by atoms with Crippen LogP contribution in [0.15, 0.2) is 34.8 Å². The van der Waals surface area contributed by atoms with E-state index in [1.807, 2.05) is 0 Å². The fourth-order valence-electron chi connectivity index (χ4n) is 1.97. The van der Waals surface area contributed by atoms with Gasteiger partial charge in [-0.3, -0.25) is 9.59 Å². The minimum Gasteiger partial charge on any atom is -0.478 e. The summed E-state index contributed by atoms with van der Waals surface area (Å²) in [6.07, 6.45) is 2.01. The van der Waals surface area contributed by atoms with E-state index < -0.39 is 17.6 Å². The molecule has 6 nitrogen and oxygen atoms in total. The van der Waals surface area contributed by atoms with Gasteiger partial charge in [0.05, 0.1) is 15.7 Å². The van der Waals surface area contributed by atoms with Gasteiger partial charge >= 0.3 is 5.97 Å². The molecule has 0 radical (unpaired) electrons. The molecule has 0 aliphatic carbocycles. The first-order valence-electron chi connectivity index (χ1n) is 8.00. The fraction of sp³-hybridized carbons (Fsp3) is 0.105. The zero-order chi connectivity index (χ0) is 23.0. The summed E-state index contributed by atoms with van der Waals surface area (Å²) in [6, 6.07) is 4.82. The first kappa shape index (κ1) is 25.5. The highest BCUT2D eigenvalue weighted by atomic mass is 79.9. The highest BCUT2D eigenvalue weighted by Gasteiger charge is 2.09. The molecule has 0 atom stereocenters. The van der Waals surface area contributed by atoms with Crippen LogP contribution < -0.4 is 10.6 Å². The van der Waals surface area contributed by atoms with E-state index in [0.717, 1.165) is 12.1 Å². The highest BCUT2D eigenvalue weighted by Crippen LogP contribution is 2.28. The van der Waals surface area contributed by atoms with Gasteiger partial charge in [0.2, 0.25) is 11.8 Å². The number of nitrogens with one attached hydrogen (secondary N) is 2. The molecule has 0 spiro atoms. The van der Waals surface area contributed by atoms with Crippen LogP contribution in [-0.4, -0.2) is 22.9 Å². The number of anilines is 2. The topological polar surface area (TPSA) is 95.5 Å². The molecule has 2 rings (SSSR count). The molecule has 2 aromatic carbocycles. The predicted molar refractivity (Wildman–Crippen MR) is 116 cm³/mol. The van der Waals surface area contributed by atoms with Crippen LogP contribution in [0.4, 0.5) is 20.2 Å². The number of aliphatic carboxylic acids is 1. The van der Waals surface area contributed by atoms with E-state index in [1.54, 1.807) is 0 Å². The van der Waals surface area contributed by atoms with Crippen LogP contribution in [-0.2, 0) is 14.4 Å². The Morgan fingerprint density at radius 1 is 0.933 bits per heavy atom. The van der Waals surface area contributed by atoms with Crippen molar-refractivity contribution in [2.75, 3.05) is 10.6 Å². The lowest BCUT2D eigenvalue weighted by molar-refractivity contribution is -0.131. The summed E-state index contributed by atoms with van der Waals surface area (Å²) in [5.74, 6) is -2.98. The molecule has 160 valence electrons. The normalized spacial score (nSPS) is 10.2.